The molecule has 0 unspecified atom stereocenters. The van der Waals surface area contributed by atoms with Crippen molar-refractivity contribution in [1.29, 1.82) is 0 Å². The van der Waals surface area contributed by atoms with E-state index in [1.54, 1.807) is 0 Å². The molecule has 1 aliphatic carbocycles. The highest BCUT2D eigenvalue weighted by molar-refractivity contribution is 5.42. The Bertz CT molecular complexity index is 474. The van der Waals surface area contributed by atoms with E-state index in [4.69, 9.17) is 4.74 Å². The van der Waals surface area contributed by atoms with Crippen LogP contribution in [0.2, 0.25) is 0 Å². The van der Waals surface area contributed by atoms with Crippen molar-refractivity contribution in [3.8, 4) is 11.5 Å². The van der Waals surface area contributed by atoms with Crippen molar-refractivity contribution in [1.82, 2.24) is 0 Å². The van der Waals surface area contributed by atoms with Gasteiger partial charge < -0.3 is 4.74 Å². The van der Waals surface area contributed by atoms with E-state index in [-0.39, 0.29) is 0 Å². The highest BCUT2D eigenvalue weighted by Crippen LogP contribution is 2.29. The first kappa shape index (κ1) is 8.54. The van der Waals surface area contributed by atoms with Crippen LogP contribution in [0.5, 0.6) is 11.5 Å². The van der Waals surface area contributed by atoms with Gasteiger partial charge in [0, 0.05) is 0 Å². The van der Waals surface area contributed by atoms with Crippen LogP contribution in [0.25, 0.3) is 0 Å². The summed E-state index contributed by atoms with van der Waals surface area (Å²) in [5.41, 5.74) is 2.90. The average molecular weight is 196 g/mol. The Balaban J connectivity index is 1.85. The molecule has 0 aromatic heterocycles. The summed E-state index contributed by atoms with van der Waals surface area (Å²) < 4.78 is 5.75. The molecule has 0 saturated heterocycles. The lowest BCUT2D eigenvalue weighted by Crippen LogP contribution is -2.07. The average Bonchev–Trinajstić information content (AvgIpc) is 2.24. The fourth-order valence-corrected chi connectivity index (χ4v) is 1.86. The fourth-order valence-electron chi connectivity index (χ4n) is 1.86. The minimum absolute atomic E-state index is 0.900. The molecule has 0 bridgehead atoms. The van der Waals surface area contributed by atoms with Crippen molar-refractivity contribution in [3.63, 3.8) is 0 Å². The molecule has 0 amide bonds. The molecule has 0 radical (unpaired) electrons. The molecule has 0 aliphatic heterocycles. The molecule has 1 nitrogen and oxygen atoms in total. The van der Waals surface area contributed by atoms with Gasteiger partial charge in [0.15, 0.2) is 0 Å². The lowest BCUT2D eigenvalue weighted by molar-refractivity contribution is 0.480. The zero-order valence-corrected chi connectivity index (χ0v) is 8.44. The SMILES string of the molecule is c1ccc(Oc2ccc3c(c2)CC3)cc1. The van der Waals surface area contributed by atoms with Crippen LogP contribution in [-0.4, -0.2) is 0 Å². The van der Waals surface area contributed by atoms with Gasteiger partial charge in [-0.1, -0.05) is 24.3 Å². The Morgan fingerprint density at radius 1 is 0.733 bits per heavy atom. The van der Waals surface area contributed by atoms with Crippen molar-refractivity contribution >= 4 is 0 Å². The predicted molar refractivity (Wildman–Crippen MR) is 60.4 cm³/mol. The van der Waals surface area contributed by atoms with Gasteiger partial charge >= 0.3 is 0 Å². The molecule has 15 heavy (non-hydrogen) atoms. The summed E-state index contributed by atoms with van der Waals surface area (Å²) in [5, 5.41) is 0. The molecular weight excluding hydrogens is 184 g/mol. The first-order valence-corrected chi connectivity index (χ1v) is 5.26. The van der Waals surface area contributed by atoms with Crippen molar-refractivity contribution in [2.45, 2.75) is 12.8 Å². The van der Waals surface area contributed by atoms with Crippen molar-refractivity contribution in [2.75, 3.05) is 0 Å². The number of aryl methyl sites for hydroxylation is 2. The van der Waals surface area contributed by atoms with Crippen molar-refractivity contribution < 1.29 is 4.74 Å². The van der Waals surface area contributed by atoms with Crippen LogP contribution in [0.1, 0.15) is 11.1 Å². The summed E-state index contributed by atoms with van der Waals surface area (Å²) in [7, 11) is 0. The highest BCUT2D eigenvalue weighted by atomic mass is 16.5. The van der Waals surface area contributed by atoms with Gasteiger partial charge in [-0.05, 0) is 48.2 Å². The number of ether oxygens (including phenoxy) is 1. The van der Waals surface area contributed by atoms with E-state index in [0.717, 1.165) is 11.5 Å². The third kappa shape index (κ3) is 1.61. The highest BCUT2D eigenvalue weighted by Gasteiger charge is 2.13. The van der Waals surface area contributed by atoms with Crippen LogP contribution in [-0.2, 0) is 12.8 Å². The normalized spacial score (nSPS) is 12.8. The number of para-hydroxylation sites is 1. The molecule has 1 aliphatic rings. The third-order valence-electron chi connectivity index (χ3n) is 2.82. The van der Waals surface area contributed by atoms with Crippen LogP contribution in [0.4, 0.5) is 0 Å². The van der Waals surface area contributed by atoms with Gasteiger partial charge in [-0.2, -0.15) is 0 Å². The first-order chi connectivity index (χ1) is 7.42. The molecule has 3 rings (SSSR count). The Labute approximate surface area is 89.3 Å². The Kier molecular flexibility index (Phi) is 1.95. The van der Waals surface area contributed by atoms with Crippen molar-refractivity contribution in [2.24, 2.45) is 0 Å². The zero-order valence-electron chi connectivity index (χ0n) is 8.44. The summed E-state index contributed by atoms with van der Waals surface area (Å²) in [6, 6.07) is 16.3. The second kappa shape index (κ2) is 3.43. The molecule has 0 spiro atoms. The number of benzene rings is 2. The summed E-state index contributed by atoms with van der Waals surface area (Å²) >= 11 is 0. The van der Waals surface area contributed by atoms with Crippen LogP contribution < -0.4 is 4.74 Å². The molecule has 0 saturated carbocycles. The molecule has 0 N–H and O–H groups in total. The maximum atomic E-state index is 5.75. The van der Waals surface area contributed by atoms with E-state index < -0.39 is 0 Å². The second-order valence-corrected chi connectivity index (χ2v) is 3.85. The van der Waals surface area contributed by atoms with Gasteiger partial charge in [0.1, 0.15) is 11.5 Å². The Morgan fingerprint density at radius 2 is 1.53 bits per heavy atom. The monoisotopic (exact) mass is 196 g/mol. The van der Waals surface area contributed by atoms with Gasteiger partial charge in [0.2, 0.25) is 0 Å². The largest absolute Gasteiger partial charge is 0.457 e. The van der Waals surface area contributed by atoms with Gasteiger partial charge in [-0.15, -0.1) is 0 Å². The number of rotatable bonds is 2. The third-order valence-corrected chi connectivity index (χ3v) is 2.82. The zero-order chi connectivity index (χ0) is 10.1. The van der Waals surface area contributed by atoms with Gasteiger partial charge in [-0.25, -0.2) is 0 Å². The standard InChI is InChI=1S/C14H12O/c1-2-4-13(5-3-1)15-14-9-8-11-6-7-12(11)10-14/h1-5,8-10H,6-7H2. The summed E-state index contributed by atoms with van der Waals surface area (Å²) in [5.74, 6) is 1.84. The molecule has 2 aromatic carbocycles. The van der Waals surface area contributed by atoms with Crippen LogP contribution in [0.3, 0.4) is 0 Å². The van der Waals surface area contributed by atoms with Gasteiger partial charge in [0.25, 0.3) is 0 Å². The maximum Gasteiger partial charge on any atom is 0.127 e. The number of hydrogen-bond donors (Lipinski definition) is 0. The quantitative estimate of drug-likeness (QED) is 0.713. The number of hydrogen-bond acceptors (Lipinski definition) is 1. The summed E-state index contributed by atoms with van der Waals surface area (Å²) in [4.78, 5) is 0. The van der Waals surface area contributed by atoms with E-state index in [0.29, 0.717) is 0 Å². The van der Waals surface area contributed by atoms with Crippen LogP contribution >= 0.6 is 0 Å². The topological polar surface area (TPSA) is 9.23 Å². The molecule has 0 fully saturated rings. The maximum absolute atomic E-state index is 5.75. The van der Waals surface area contributed by atoms with Crippen molar-refractivity contribution in [3.05, 3.63) is 59.7 Å². The fraction of sp³-hybridized carbons (Fsp3) is 0.143. The summed E-state index contributed by atoms with van der Waals surface area (Å²) in [6.07, 6.45) is 2.42. The second-order valence-electron chi connectivity index (χ2n) is 3.85. The van der Waals surface area contributed by atoms with E-state index in [1.807, 2.05) is 36.4 Å². The Morgan fingerprint density at radius 3 is 2.20 bits per heavy atom. The van der Waals surface area contributed by atoms with E-state index in [1.165, 1.54) is 24.0 Å². The van der Waals surface area contributed by atoms with E-state index in [2.05, 4.69) is 12.1 Å². The minimum atomic E-state index is 0.900. The molecule has 1 heteroatoms. The van der Waals surface area contributed by atoms with Crippen LogP contribution in [0, 0.1) is 0 Å². The first-order valence-electron chi connectivity index (χ1n) is 5.26. The Hall–Kier alpha value is -1.76. The molecule has 2 aromatic rings. The minimum Gasteiger partial charge on any atom is -0.457 e. The van der Waals surface area contributed by atoms with E-state index in [9.17, 15) is 0 Å². The molecule has 0 atom stereocenters. The lowest BCUT2D eigenvalue weighted by Gasteiger charge is -2.19. The lowest BCUT2D eigenvalue weighted by atomic mass is 9.89. The number of fused-ring (bicyclic) bond motifs is 1. The smallest absolute Gasteiger partial charge is 0.127 e. The van der Waals surface area contributed by atoms with Crippen LogP contribution in [0.15, 0.2) is 48.5 Å². The molecular formula is C14H12O. The molecule has 0 heterocycles. The van der Waals surface area contributed by atoms with Gasteiger partial charge in [0.05, 0.1) is 0 Å². The summed E-state index contributed by atoms with van der Waals surface area (Å²) in [6.45, 7) is 0. The molecule has 74 valence electrons. The van der Waals surface area contributed by atoms with E-state index >= 15 is 0 Å². The van der Waals surface area contributed by atoms with Gasteiger partial charge in [-0.3, -0.25) is 0 Å². The predicted octanol–water partition coefficient (Wildman–Crippen LogP) is 3.58.